The Bertz CT molecular complexity index is 282. The second kappa shape index (κ2) is 4.82. The molecule has 1 heterocycles. The molecule has 0 saturated carbocycles. The Morgan fingerprint density at radius 2 is 2.00 bits per heavy atom. The van der Waals surface area contributed by atoms with Crippen LogP contribution in [-0.2, 0) is 14.3 Å². The van der Waals surface area contributed by atoms with Gasteiger partial charge in [0.25, 0.3) is 0 Å². The number of nitrogens with zero attached hydrogens (tertiary/aromatic N) is 1. The van der Waals surface area contributed by atoms with Crippen LogP contribution in [0, 0.1) is 5.92 Å². The van der Waals surface area contributed by atoms with Crippen molar-refractivity contribution >= 4 is 11.9 Å². The van der Waals surface area contributed by atoms with Crippen LogP contribution in [0.25, 0.3) is 0 Å². The van der Waals surface area contributed by atoms with E-state index in [-0.39, 0.29) is 12.5 Å². The number of likely N-dealkylation sites (tertiary alicyclic amines) is 1. The largest absolute Gasteiger partial charge is 0.480 e. The normalized spacial score (nSPS) is 18.4. The van der Waals surface area contributed by atoms with Gasteiger partial charge in [-0.25, -0.2) is 4.79 Å². The maximum atomic E-state index is 11.6. The van der Waals surface area contributed by atoms with E-state index in [1.807, 2.05) is 20.8 Å². The highest BCUT2D eigenvalue weighted by molar-refractivity contribution is 5.77. The van der Waals surface area contributed by atoms with E-state index in [0.29, 0.717) is 25.4 Å². The molecule has 5 nitrogen and oxygen atoms in total. The summed E-state index contributed by atoms with van der Waals surface area (Å²) < 4.78 is 5.22. The molecule has 1 amide bonds. The third-order valence-electron chi connectivity index (χ3n) is 2.53. The Hall–Kier alpha value is -1.10. The Morgan fingerprint density at radius 1 is 1.44 bits per heavy atom. The average Bonchev–Trinajstić information content (AvgIpc) is 2.09. The summed E-state index contributed by atoms with van der Waals surface area (Å²) in [5.74, 6) is -0.515. The van der Waals surface area contributed by atoms with Crippen molar-refractivity contribution in [1.29, 1.82) is 0 Å². The van der Waals surface area contributed by atoms with Crippen molar-refractivity contribution in [2.75, 3.05) is 19.7 Å². The van der Waals surface area contributed by atoms with Crippen LogP contribution >= 0.6 is 0 Å². The topological polar surface area (TPSA) is 66.8 Å². The summed E-state index contributed by atoms with van der Waals surface area (Å²) in [5.41, 5.74) is -0.481. The number of hydrogen-bond acceptors (Lipinski definition) is 3. The lowest BCUT2D eigenvalue weighted by atomic mass is 9.95. The van der Waals surface area contributed by atoms with Crippen molar-refractivity contribution in [2.24, 2.45) is 5.92 Å². The first-order chi connectivity index (χ1) is 7.32. The van der Waals surface area contributed by atoms with Gasteiger partial charge >= 0.3 is 5.97 Å². The molecule has 16 heavy (non-hydrogen) atoms. The van der Waals surface area contributed by atoms with Gasteiger partial charge in [0.15, 0.2) is 0 Å². The van der Waals surface area contributed by atoms with Gasteiger partial charge in [0.2, 0.25) is 5.91 Å². The van der Waals surface area contributed by atoms with E-state index in [9.17, 15) is 9.59 Å². The van der Waals surface area contributed by atoms with Gasteiger partial charge in [0.1, 0.15) is 12.2 Å². The van der Waals surface area contributed by atoms with E-state index < -0.39 is 11.6 Å². The smallest absolute Gasteiger partial charge is 0.329 e. The van der Waals surface area contributed by atoms with Crippen molar-refractivity contribution in [1.82, 2.24) is 4.90 Å². The van der Waals surface area contributed by atoms with E-state index in [4.69, 9.17) is 9.84 Å². The summed E-state index contributed by atoms with van der Waals surface area (Å²) in [6.45, 7) is 6.51. The van der Waals surface area contributed by atoms with Crippen LogP contribution in [0.4, 0.5) is 0 Å². The Morgan fingerprint density at radius 3 is 2.44 bits per heavy atom. The van der Waals surface area contributed by atoms with Gasteiger partial charge in [-0.2, -0.15) is 0 Å². The quantitative estimate of drug-likeness (QED) is 0.755. The lowest BCUT2D eigenvalue weighted by Gasteiger charge is -2.47. The van der Waals surface area contributed by atoms with Crippen LogP contribution < -0.4 is 0 Å². The minimum absolute atomic E-state index is 0.117. The van der Waals surface area contributed by atoms with Crippen LogP contribution in [0.3, 0.4) is 0 Å². The van der Waals surface area contributed by atoms with E-state index in [2.05, 4.69) is 0 Å². The maximum absolute atomic E-state index is 11.6. The summed E-state index contributed by atoms with van der Waals surface area (Å²) in [4.78, 5) is 23.7. The molecule has 1 saturated heterocycles. The Labute approximate surface area is 95.4 Å². The standard InChI is InChI=1S/C11H19NO4/c1-8(2)4-9(13)12-6-11(3,7-12)16-5-10(14)15/h8H,4-7H2,1-3H3,(H,14,15). The molecule has 1 aliphatic rings. The molecule has 1 rings (SSSR count). The number of aliphatic carboxylic acids is 1. The van der Waals surface area contributed by atoms with Gasteiger partial charge < -0.3 is 14.7 Å². The van der Waals surface area contributed by atoms with Crippen LogP contribution in [-0.4, -0.2) is 47.2 Å². The second-order valence-electron chi connectivity index (χ2n) is 4.98. The number of carboxylic acids is 1. The summed E-state index contributed by atoms with van der Waals surface area (Å²) in [6.07, 6.45) is 0.537. The molecule has 0 aromatic heterocycles. The summed E-state index contributed by atoms with van der Waals surface area (Å²) >= 11 is 0. The summed E-state index contributed by atoms with van der Waals surface area (Å²) in [5, 5.41) is 8.48. The van der Waals surface area contributed by atoms with Crippen molar-refractivity contribution in [3.63, 3.8) is 0 Å². The van der Waals surface area contributed by atoms with E-state index >= 15 is 0 Å². The number of amides is 1. The van der Waals surface area contributed by atoms with Gasteiger partial charge in [0, 0.05) is 6.42 Å². The van der Waals surface area contributed by atoms with Crippen molar-refractivity contribution in [3.8, 4) is 0 Å². The predicted molar refractivity (Wildman–Crippen MR) is 58.0 cm³/mol. The van der Waals surface area contributed by atoms with E-state index in [1.165, 1.54) is 0 Å². The van der Waals surface area contributed by atoms with Crippen LogP contribution in [0.1, 0.15) is 27.2 Å². The fourth-order valence-electron chi connectivity index (χ4n) is 1.74. The fraction of sp³-hybridized carbons (Fsp3) is 0.818. The molecule has 0 bridgehead atoms. The number of carbonyl (C=O) groups is 2. The van der Waals surface area contributed by atoms with Gasteiger partial charge in [-0.1, -0.05) is 13.8 Å². The number of ether oxygens (including phenoxy) is 1. The van der Waals surface area contributed by atoms with E-state index in [1.54, 1.807) is 4.90 Å². The van der Waals surface area contributed by atoms with Gasteiger partial charge in [0.05, 0.1) is 13.1 Å². The molecule has 0 aromatic rings. The maximum Gasteiger partial charge on any atom is 0.329 e. The molecule has 1 aliphatic heterocycles. The highest BCUT2D eigenvalue weighted by Crippen LogP contribution is 2.25. The lowest BCUT2D eigenvalue weighted by Crippen LogP contribution is -2.63. The SMILES string of the molecule is CC(C)CC(=O)N1CC(C)(OCC(=O)O)C1. The first kappa shape index (κ1) is 13.0. The lowest BCUT2D eigenvalue weighted by molar-refractivity contribution is -0.173. The molecule has 0 aliphatic carbocycles. The van der Waals surface area contributed by atoms with Crippen LogP contribution in [0.15, 0.2) is 0 Å². The zero-order valence-corrected chi connectivity index (χ0v) is 10.0. The number of carboxylic acid groups (broad SMARTS) is 1. The Balaban J connectivity index is 2.30. The molecular formula is C11H19NO4. The predicted octanol–water partition coefficient (Wildman–Crippen LogP) is 0.735. The van der Waals surface area contributed by atoms with Crippen LogP contribution in [0.5, 0.6) is 0 Å². The number of carbonyl (C=O) groups excluding carboxylic acids is 1. The van der Waals surface area contributed by atoms with Crippen molar-refractivity contribution < 1.29 is 19.4 Å². The van der Waals surface area contributed by atoms with Gasteiger partial charge in [-0.05, 0) is 12.8 Å². The molecule has 0 spiro atoms. The third kappa shape index (κ3) is 3.48. The molecule has 0 radical (unpaired) electrons. The fourth-order valence-corrected chi connectivity index (χ4v) is 1.74. The zero-order chi connectivity index (χ0) is 12.3. The van der Waals surface area contributed by atoms with E-state index in [0.717, 1.165) is 0 Å². The van der Waals surface area contributed by atoms with Crippen molar-refractivity contribution in [3.05, 3.63) is 0 Å². The minimum Gasteiger partial charge on any atom is -0.480 e. The first-order valence-electron chi connectivity index (χ1n) is 5.46. The molecular weight excluding hydrogens is 210 g/mol. The molecule has 5 heteroatoms. The zero-order valence-electron chi connectivity index (χ0n) is 10.0. The van der Waals surface area contributed by atoms with Gasteiger partial charge in [-0.15, -0.1) is 0 Å². The van der Waals surface area contributed by atoms with Crippen LogP contribution in [0.2, 0.25) is 0 Å². The first-order valence-corrected chi connectivity index (χ1v) is 5.46. The highest BCUT2D eigenvalue weighted by Gasteiger charge is 2.42. The Kier molecular flexibility index (Phi) is 3.91. The monoisotopic (exact) mass is 229 g/mol. The molecule has 0 aromatic carbocycles. The molecule has 0 unspecified atom stereocenters. The summed E-state index contributed by atoms with van der Waals surface area (Å²) in [7, 11) is 0. The molecule has 1 fully saturated rings. The average molecular weight is 229 g/mol. The van der Waals surface area contributed by atoms with Gasteiger partial charge in [-0.3, -0.25) is 4.79 Å². The third-order valence-corrected chi connectivity index (χ3v) is 2.53. The molecule has 1 N–H and O–H groups in total. The molecule has 0 atom stereocenters. The second-order valence-corrected chi connectivity index (χ2v) is 4.98. The number of hydrogen-bond donors (Lipinski definition) is 1. The van der Waals surface area contributed by atoms with Crippen molar-refractivity contribution in [2.45, 2.75) is 32.8 Å². The summed E-state index contributed by atoms with van der Waals surface area (Å²) in [6, 6.07) is 0. The number of rotatable bonds is 5. The minimum atomic E-state index is -0.979. The molecule has 92 valence electrons. The highest BCUT2D eigenvalue weighted by atomic mass is 16.5.